The Kier molecular flexibility index (Phi) is 14.7. The van der Waals surface area contributed by atoms with E-state index < -0.39 is 0 Å². The van der Waals surface area contributed by atoms with Crippen LogP contribution in [-0.2, 0) is 4.74 Å². The molecule has 0 saturated carbocycles. The minimum Gasteiger partial charge on any atom is -0.376 e. The van der Waals surface area contributed by atoms with Gasteiger partial charge in [-0.05, 0) is 45.7 Å². The molecule has 1 aliphatic rings. The summed E-state index contributed by atoms with van der Waals surface area (Å²) in [6, 6.07) is 0.671. The molecule has 0 aromatic heterocycles. The van der Waals surface area contributed by atoms with Crippen molar-refractivity contribution >= 4 is 0 Å². The van der Waals surface area contributed by atoms with Crippen molar-refractivity contribution in [1.29, 1.82) is 0 Å². The molecule has 0 amide bonds. The number of ether oxygens (including phenoxy) is 1. The summed E-state index contributed by atoms with van der Waals surface area (Å²) in [6.07, 6.45) is 8.16. The van der Waals surface area contributed by atoms with Crippen LogP contribution >= 0.6 is 0 Å². The molecule has 3 nitrogen and oxygen atoms in total. The Morgan fingerprint density at radius 2 is 1.95 bits per heavy atom. The number of hydrogen-bond acceptors (Lipinski definition) is 3. The van der Waals surface area contributed by atoms with Crippen LogP contribution in [0.25, 0.3) is 0 Å². The van der Waals surface area contributed by atoms with Gasteiger partial charge in [0, 0.05) is 19.1 Å². The molecule has 0 aliphatic carbocycles. The summed E-state index contributed by atoms with van der Waals surface area (Å²) in [6.45, 7) is 16.4. The SMILES string of the molecule is CC.CCCN1CCOC(CCCCCNC(C)CC)C1. The van der Waals surface area contributed by atoms with E-state index in [1.807, 2.05) is 13.8 Å². The average Bonchev–Trinajstić information content (AvgIpc) is 2.53. The first-order chi connectivity index (χ1) is 10.3. The number of unbranched alkanes of at least 4 members (excludes halogenated alkanes) is 2. The topological polar surface area (TPSA) is 24.5 Å². The van der Waals surface area contributed by atoms with Gasteiger partial charge in [-0.15, -0.1) is 0 Å². The van der Waals surface area contributed by atoms with E-state index >= 15 is 0 Å². The number of nitrogens with one attached hydrogen (secondary N) is 1. The summed E-state index contributed by atoms with van der Waals surface area (Å²) < 4.78 is 5.86. The van der Waals surface area contributed by atoms with Crippen LogP contribution in [0, 0.1) is 0 Å². The zero-order chi connectivity index (χ0) is 15.9. The summed E-state index contributed by atoms with van der Waals surface area (Å²) in [4.78, 5) is 2.55. The van der Waals surface area contributed by atoms with E-state index in [0.29, 0.717) is 12.1 Å². The van der Waals surface area contributed by atoms with Crippen LogP contribution in [0.4, 0.5) is 0 Å². The van der Waals surface area contributed by atoms with E-state index in [9.17, 15) is 0 Å². The highest BCUT2D eigenvalue weighted by Gasteiger charge is 2.18. The lowest BCUT2D eigenvalue weighted by atomic mass is 10.1. The molecule has 1 fully saturated rings. The fraction of sp³-hybridized carbons (Fsp3) is 1.00. The van der Waals surface area contributed by atoms with Crippen molar-refractivity contribution in [3.05, 3.63) is 0 Å². The Hall–Kier alpha value is -0.120. The Bertz CT molecular complexity index is 209. The molecule has 0 spiro atoms. The molecule has 0 bridgehead atoms. The van der Waals surface area contributed by atoms with E-state index in [-0.39, 0.29) is 0 Å². The molecular formula is C18H40N2O. The van der Waals surface area contributed by atoms with Gasteiger partial charge in [-0.2, -0.15) is 0 Å². The molecule has 128 valence electrons. The highest BCUT2D eigenvalue weighted by molar-refractivity contribution is 4.71. The summed E-state index contributed by atoms with van der Waals surface area (Å²) in [5.74, 6) is 0. The minimum atomic E-state index is 0.489. The quantitative estimate of drug-likeness (QED) is 0.615. The van der Waals surface area contributed by atoms with Crippen molar-refractivity contribution in [3.63, 3.8) is 0 Å². The third kappa shape index (κ3) is 11.1. The Balaban J connectivity index is 0.00000191. The predicted octanol–water partition coefficient (Wildman–Crippen LogP) is 4.07. The Morgan fingerprint density at radius 1 is 1.19 bits per heavy atom. The predicted molar refractivity (Wildman–Crippen MR) is 94.0 cm³/mol. The van der Waals surface area contributed by atoms with Crippen molar-refractivity contribution in [3.8, 4) is 0 Å². The minimum absolute atomic E-state index is 0.489. The van der Waals surface area contributed by atoms with Crippen LogP contribution in [0.5, 0.6) is 0 Å². The first kappa shape index (κ1) is 20.9. The van der Waals surface area contributed by atoms with Crippen LogP contribution < -0.4 is 5.32 Å². The maximum atomic E-state index is 5.86. The summed E-state index contributed by atoms with van der Waals surface area (Å²) in [7, 11) is 0. The lowest BCUT2D eigenvalue weighted by Crippen LogP contribution is -2.42. The lowest BCUT2D eigenvalue weighted by Gasteiger charge is -2.32. The van der Waals surface area contributed by atoms with Crippen molar-refractivity contribution in [2.45, 2.75) is 85.3 Å². The molecule has 21 heavy (non-hydrogen) atoms. The van der Waals surface area contributed by atoms with Crippen LogP contribution in [0.15, 0.2) is 0 Å². The first-order valence-electron chi connectivity index (χ1n) is 9.33. The highest BCUT2D eigenvalue weighted by Crippen LogP contribution is 2.12. The molecule has 1 rings (SSSR count). The summed E-state index contributed by atoms with van der Waals surface area (Å²) >= 11 is 0. The average molecular weight is 301 g/mol. The maximum absolute atomic E-state index is 5.86. The van der Waals surface area contributed by atoms with E-state index in [0.717, 1.165) is 19.7 Å². The van der Waals surface area contributed by atoms with E-state index in [2.05, 4.69) is 31.0 Å². The van der Waals surface area contributed by atoms with Gasteiger partial charge in [0.2, 0.25) is 0 Å². The maximum Gasteiger partial charge on any atom is 0.0702 e. The first-order valence-corrected chi connectivity index (χ1v) is 9.33. The van der Waals surface area contributed by atoms with Gasteiger partial charge in [0.05, 0.1) is 12.7 Å². The molecule has 1 aliphatic heterocycles. The molecule has 2 unspecified atom stereocenters. The molecule has 1 heterocycles. The van der Waals surface area contributed by atoms with Crippen molar-refractivity contribution in [2.75, 3.05) is 32.8 Å². The van der Waals surface area contributed by atoms with Gasteiger partial charge in [0.15, 0.2) is 0 Å². The van der Waals surface area contributed by atoms with Crippen LogP contribution in [-0.4, -0.2) is 49.8 Å². The van der Waals surface area contributed by atoms with Crippen molar-refractivity contribution < 1.29 is 4.74 Å². The zero-order valence-electron chi connectivity index (χ0n) is 15.3. The van der Waals surface area contributed by atoms with Crippen molar-refractivity contribution in [1.82, 2.24) is 10.2 Å². The molecule has 0 aromatic carbocycles. The third-order valence-corrected chi connectivity index (χ3v) is 4.07. The molecule has 3 heteroatoms. The third-order valence-electron chi connectivity index (χ3n) is 4.07. The Morgan fingerprint density at radius 3 is 2.62 bits per heavy atom. The normalized spacial score (nSPS) is 20.7. The highest BCUT2D eigenvalue weighted by atomic mass is 16.5. The molecular weight excluding hydrogens is 260 g/mol. The van der Waals surface area contributed by atoms with E-state index in [1.54, 1.807) is 0 Å². The van der Waals surface area contributed by atoms with E-state index in [1.165, 1.54) is 51.6 Å². The molecule has 2 atom stereocenters. The largest absolute Gasteiger partial charge is 0.376 e. The van der Waals surface area contributed by atoms with E-state index in [4.69, 9.17) is 4.74 Å². The Labute approximate surface area is 133 Å². The van der Waals surface area contributed by atoms with Gasteiger partial charge in [-0.1, -0.05) is 40.5 Å². The monoisotopic (exact) mass is 300 g/mol. The summed E-state index contributed by atoms with van der Waals surface area (Å²) in [5, 5.41) is 3.56. The molecule has 0 radical (unpaired) electrons. The van der Waals surface area contributed by atoms with Gasteiger partial charge in [0.25, 0.3) is 0 Å². The number of rotatable bonds is 10. The van der Waals surface area contributed by atoms with Gasteiger partial charge in [-0.3, -0.25) is 4.90 Å². The fourth-order valence-electron chi connectivity index (χ4n) is 2.64. The van der Waals surface area contributed by atoms with Crippen LogP contribution in [0.1, 0.15) is 73.1 Å². The second-order valence-electron chi connectivity index (χ2n) is 5.91. The summed E-state index contributed by atoms with van der Waals surface area (Å²) in [5.41, 5.74) is 0. The lowest BCUT2D eigenvalue weighted by molar-refractivity contribution is -0.0328. The van der Waals surface area contributed by atoms with Gasteiger partial charge in [-0.25, -0.2) is 0 Å². The smallest absolute Gasteiger partial charge is 0.0702 e. The van der Waals surface area contributed by atoms with Gasteiger partial charge >= 0.3 is 0 Å². The standard InChI is InChI=1S/C16H34N2O.C2H6/c1-4-11-18-12-13-19-16(14-18)9-7-6-8-10-17-15(3)5-2;1-2/h15-17H,4-14H2,1-3H3;1-2H3. The second-order valence-corrected chi connectivity index (χ2v) is 5.91. The molecule has 1 N–H and O–H groups in total. The number of morpholine rings is 1. The zero-order valence-corrected chi connectivity index (χ0v) is 15.3. The van der Waals surface area contributed by atoms with Gasteiger partial charge < -0.3 is 10.1 Å². The van der Waals surface area contributed by atoms with Crippen LogP contribution in [0.3, 0.4) is 0 Å². The van der Waals surface area contributed by atoms with Crippen molar-refractivity contribution in [2.24, 2.45) is 0 Å². The molecule has 1 saturated heterocycles. The second kappa shape index (κ2) is 14.8. The van der Waals surface area contributed by atoms with Gasteiger partial charge in [0.1, 0.15) is 0 Å². The molecule has 0 aromatic rings. The fourth-order valence-corrected chi connectivity index (χ4v) is 2.64. The van der Waals surface area contributed by atoms with Crippen LogP contribution in [0.2, 0.25) is 0 Å². The number of hydrogen-bond donors (Lipinski definition) is 1. The number of nitrogens with zero attached hydrogens (tertiary/aromatic N) is 1.